The minimum absolute atomic E-state index is 0.0291. The first-order valence-electron chi connectivity index (χ1n) is 10.3. The topological polar surface area (TPSA) is 111 Å². The van der Waals surface area contributed by atoms with E-state index in [2.05, 4.69) is 17.2 Å². The van der Waals surface area contributed by atoms with E-state index >= 15 is 8.78 Å². The SMILES string of the molecule is CCNC(C)C1CCN(c2c(F)c([C@@H]3C[C@H]3N)c3c(=O)c(C(=O)O)c[nH]c3c2F)C1. The fourth-order valence-electron chi connectivity index (χ4n) is 4.63. The highest BCUT2D eigenvalue weighted by Gasteiger charge is 2.42. The highest BCUT2D eigenvalue weighted by molar-refractivity contribution is 5.95. The number of benzene rings is 1. The highest BCUT2D eigenvalue weighted by atomic mass is 19.1. The Morgan fingerprint density at radius 1 is 1.43 bits per heavy atom. The summed E-state index contributed by atoms with van der Waals surface area (Å²) in [5.74, 6) is -3.32. The van der Waals surface area contributed by atoms with Crippen LogP contribution in [0.15, 0.2) is 11.0 Å². The third-order valence-corrected chi connectivity index (χ3v) is 6.44. The summed E-state index contributed by atoms with van der Waals surface area (Å²) >= 11 is 0. The average molecular weight is 420 g/mol. The summed E-state index contributed by atoms with van der Waals surface area (Å²) in [7, 11) is 0. The number of nitrogens with zero attached hydrogens (tertiary/aromatic N) is 1. The Balaban J connectivity index is 1.87. The van der Waals surface area contributed by atoms with Gasteiger partial charge in [-0.25, -0.2) is 13.6 Å². The molecular weight excluding hydrogens is 394 g/mol. The summed E-state index contributed by atoms with van der Waals surface area (Å²) in [4.78, 5) is 28.4. The zero-order valence-electron chi connectivity index (χ0n) is 17.0. The number of hydrogen-bond acceptors (Lipinski definition) is 5. The number of hydrogen-bond donors (Lipinski definition) is 4. The zero-order chi connectivity index (χ0) is 21.7. The minimum Gasteiger partial charge on any atom is -0.477 e. The maximum Gasteiger partial charge on any atom is 0.341 e. The predicted molar refractivity (Wildman–Crippen MR) is 110 cm³/mol. The molecule has 2 aliphatic rings. The molecular formula is C21H26F2N4O3. The molecule has 1 aliphatic heterocycles. The molecule has 30 heavy (non-hydrogen) atoms. The van der Waals surface area contributed by atoms with Crippen LogP contribution in [-0.4, -0.2) is 47.8 Å². The van der Waals surface area contributed by atoms with E-state index in [0.717, 1.165) is 19.2 Å². The van der Waals surface area contributed by atoms with Crippen molar-refractivity contribution in [1.29, 1.82) is 0 Å². The number of H-pyrrole nitrogens is 1. The van der Waals surface area contributed by atoms with Crippen molar-refractivity contribution >= 4 is 22.6 Å². The van der Waals surface area contributed by atoms with E-state index < -0.39 is 34.5 Å². The molecule has 4 rings (SSSR count). The molecule has 4 atom stereocenters. The van der Waals surface area contributed by atoms with Crippen molar-refractivity contribution < 1.29 is 18.7 Å². The summed E-state index contributed by atoms with van der Waals surface area (Å²) in [6, 6.07) is -0.130. The lowest BCUT2D eigenvalue weighted by Gasteiger charge is -2.25. The molecule has 0 spiro atoms. The smallest absolute Gasteiger partial charge is 0.341 e. The maximum atomic E-state index is 15.7. The molecule has 2 unspecified atom stereocenters. The van der Waals surface area contributed by atoms with Gasteiger partial charge in [0.2, 0.25) is 5.43 Å². The molecule has 0 amide bonds. The van der Waals surface area contributed by atoms with Crippen molar-refractivity contribution in [2.75, 3.05) is 24.5 Å². The Kier molecular flexibility index (Phi) is 5.27. The van der Waals surface area contributed by atoms with Crippen LogP contribution < -0.4 is 21.4 Å². The van der Waals surface area contributed by atoms with Crippen LogP contribution >= 0.6 is 0 Å². The number of aromatic carboxylic acids is 1. The van der Waals surface area contributed by atoms with Gasteiger partial charge in [-0.1, -0.05) is 6.92 Å². The number of fused-ring (bicyclic) bond motifs is 1. The first-order chi connectivity index (χ1) is 14.3. The van der Waals surface area contributed by atoms with E-state index in [1.54, 1.807) is 4.90 Å². The number of aromatic nitrogens is 1. The normalized spacial score (nSPS) is 24.4. The third-order valence-electron chi connectivity index (χ3n) is 6.44. The standard InChI is InChI=1S/C21H26F2N4O3/c1-3-25-9(2)10-4-5-27(8-10)19-16(22)14(11-6-13(11)24)15-18(17(19)23)26-7-12(20(15)28)21(29)30/h7,9-11,13,25H,3-6,8,24H2,1-2H3,(H,26,28)(H,29,30)/t9?,10?,11-,13-/m1/s1. The van der Waals surface area contributed by atoms with E-state index in [0.29, 0.717) is 19.5 Å². The van der Waals surface area contributed by atoms with Gasteiger partial charge in [-0.3, -0.25) is 4.79 Å². The van der Waals surface area contributed by atoms with Crippen molar-refractivity contribution in [3.63, 3.8) is 0 Å². The molecule has 2 heterocycles. The molecule has 1 saturated carbocycles. The van der Waals surface area contributed by atoms with Crippen LogP contribution in [-0.2, 0) is 0 Å². The van der Waals surface area contributed by atoms with Crippen molar-refractivity contribution in [1.82, 2.24) is 10.3 Å². The largest absolute Gasteiger partial charge is 0.477 e. The van der Waals surface area contributed by atoms with Crippen molar-refractivity contribution in [2.24, 2.45) is 11.7 Å². The second-order valence-corrected chi connectivity index (χ2v) is 8.32. The Morgan fingerprint density at radius 3 is 2.73 bits per heavy atom. The van der Waals surface area contributed by atoms with Gasteiger partial charge in [0.1, 0.15) is 11.3 Å². The Labute approximate surface area is 172 Å². The van der Waals surface area contributed by atoms with Gasteiger partial charge in [-0.05, 0) is 32.2 Å². The van der Waals surface area contributed by atoms with E-state index in [9.17, 15) is 14.7 Å². The first kappa shape index (κ1) is 20.7. The van der Waals surface area contributed by atoms with Crippen LogP contribution in [0.5, 0.6) is 0 Å². The van der Waals surface area contributed by atoms with E-state index in [1.165, 1.54) is 0 Å². The molecule has 1 saturated heterocycles. The number of carbonyl (C=O) groups is 1. The molecule has 2 aromatic rings. The first-order valence-corrected chi connectivity index (χ1v) is 10.3. The van der Waals surface area contributed by atoms with Gasteiger partial charge in [0.25, 0.3) is 0 Å². The lowest BCUT2D eigenvalue weighted by Crippen LogP contribution is -2.35. The number of pyridine rings is 1. The van der Waals surface area contributed by atoms with Crippen LogP contribution in [0, 0.1) is 17.6 Å². The molecule has 9 heteroatoms. The van der Waals surface area contributed by atoms with Crippen LogP contribution in [0.4, 0.5) is 14.5 Å². The Hall–Kier alpha value is -2.52. The number of aromatic amines is 1. The molecule has 1 aromatic heterocycles. The van der Waals surface area contributed by atoms with E-state index in [-0.39, 0.29) is 40.2 Å². The van der Waals surface area contributed by atoms with Crippen LogP contribution in [0.1, 0.15) is 48.5 Å². The van der Waals surface area contributed by atoms with Gasteiger partial charge in [-0.15, -0.1) is 0 Å². The zero-order valence-corrected chi connectivity index (χ0v) is 17.0. The van der Waals surface area contributed by atoms with Gasteiger partial charge in [-0.2, -0.15) is 0 Å². The lowest BCUT2D eigenvalue weighted by molar-refractivity contribution is 0.0695. The summed E-state index contributed by atoms with van der Waals surface area (Å²) in [6.07, 6.45) is 2.22. The van der Waals surface area contributed by atoms with E-state index in [1.807, 2.05) is 6.92 Å². The summed E-state index contributed by atoms with van der Waals surface area (Å²) in [5.41, 5.74) is 4.18. The van der Waals surface area contributed by atoms with Crippen molar-refractivity contribution in [3.8, 4) is 0 Å². The van der Waals surface area contributed by atoms with Crippen LogP contribution in [0.3, 0.4) is 0 Å². The fraction of sp³-hybridized carbons (Fsp3) is 0.524. The number of halogens is 2. The van der Waals surface area contributed by atoms with Gasteiger partial charge in [0.15, 0.2) is 11.6 Å². The molecule has 7 nitrogen and oxygen atoms in total. The molecule has 162 valence electrons. The summed E-state index contributed by atoms with van der Waals surface area (Å²) < 4.78 is 31.2. The molecule has 1 aliphatic carbocycles. The van der Waals surface area contributed by atoms with Crippen molar-refractivity contribution in [2.45, 2.75) is 44.7 Å². The predicted octanol–water partition coefficient (Wildman–Crippen LogP) is 2.14. The minimum atomic E-state index is -1.45. The monoisotopic (exact) mass is 420 g/mol. The van der Waals surface area contributed by atoms with Gasteiger partial charge in [0.05, 0.1) is 10.9 Å². The molecule has 2 fully saturated rings. The van der Waals surface area contributed by atoms with Crippen LogP contribution in [0.25, 0.3) is 10.9 Å². The summed E-state index contributed by atoms with van der Waals surface area (Å²) in [6.45, 7) is 5.87. The molecule has 5 N–H and O–H groups in total. The third kappa shape index (κ3) is 3.26. The highest BCUT2D eigenvalue weighted by Crippen LogP contribution is 2.46. The number of carboxylic acid groups (broad SMARTS) is 1. The van der Waals surface area contributed by atoms with Crippen molar-refractivity contribution in [3.05, 3.63) is 39.2 Å². The Morgan fingerprint density at radius 2 is 2.13 bits per heavy atom. The average Bonchev–Trinajstić information content (AvgIpc) is 3.20. The van der Waals surface area contributed by atoms with Gasteiger partial charge < -0.3 is 26.0 Å². The van der Waals surface area contributed by atoms with Gasteiger partial charge in [0, 0.05) is 42.9 Å². The Bertz CT molecular complexity index is 1070. The molecule has 1 aromatic carbocycles. The maximum absolute atomic E-state index is 15.7. The number of carboxylic acids is 1. The summed E-state index contributed by atoms with van der Waals surface area (Å²) in [5, 5.41) is 12.4. The quantitative estimate of drug-likeness (QED) is 0.570. The van der Waals surface area contributed by atoms with E-state index in [4.69, 9.17) is 5.73 Å². The number of nitrogens with one attached hydrogen (secondary N) is 2. The molecule has 0 bridgehead atoms. The second-order valence-electron chi connectivity index (χ2n) is 8.32. The second kappa shape index (κ2) is 7.63. The molecule has 0 radical (unpaired) electrons. The lowest BCUT2D eigenvalue weighted by atomic mass is 9.98. The number of nitrogens with two attached hydrogens (primary N) is 1. The number of anilines is 1. The fourth-order valence-corrected chi connectivity index (χ4v) is 4.63. The van der Waals surface area contributed by atoms with Gasteiger partial charge >= 0.3 is 5.97 Å². The number of rotatable bonds is 6. The van der Waals surface area contributed by atoms with Crippen LogP contribution in [0.2, 0.25) is 0 Å².